The highest BCUT2D eigenvalue weighted by Crippen LogP contribution is 2.33. The highest BCUT2D eigenvalue weighted by molar-refractivity contribution is 6.31. The van der Waals surface area contributed by atoms with Crippen LogP contribution in [-0.4, -0.2) is 18.6 Å². The van der Waals surface area contributed by atoms with Crippen LogP contribution >= 0.6 is 11.6 Å². The lowest BCUT2D eigenvalue weighted by Crippen LogP contribution is -2.35. The van der Waals surface area contributed by atoms with Crippen LogP contribution in [0.4, 0.5) is 5.69 Å². The minimum absolute atomic E-state index is 0.140. The normalized spacial score (nSPS) is 21.6. The first-order valence-electron chi connectivity index (χ1n) is 7.93. The van der Waals surface area contributed by atoms with Gasteiger partial charge in [0, 0.05) is 29.3 Å². The summed E-state index contributed by atoms with van der Waals surface area (Å²) >= 11 is 6.44. The van der Waals surface area contributed by atoms with Gasteiger partial charge in [-0.2, -0.15) is 0 Å². The molecule has 1 fully saturated rings. The Labute approximate surface area is 128 Å². The van der Waals surface area contributed by atoms with Crippen LogP contribution in [0.5, 0.6) is 0 Å². The zero-order chi connectivity index (χ0) is 14.5. The van der Waals surface area contributed by atoms with Gasteiger partial charge in [0.15, 0.2) is 0 Å². The number of hydrogen-bond acceptors (Lipinski definition) is 2. The number of hydrogen-bond donors (Lipinski definition) is 1. The van der Waals surface area contributed by atoms with Gasteiger partial charge in [-0.1, -0.05) is 37.4 Å². The van der Waals surface area contributed by atoms with Crippen molar-refractivity contribution in [3.8, 4) is 0 Å². The minimum Gasteiger partial charge on any atom is -0.368 e. The lowest BCUT2D eigenvalue weighted by molar-refractivity contribution is 0.554. The van der Waals surface area contributed by atoms with Crippen LogP contribution in [0.15, 0.2) is 18.2 Å². The summed E-state index contributed by atoms with van der Waals surface area (Å²) < 4.78 is 0. The molecule has 1 aliphatic heterocycles. The molecule has 1 aromatic carbocycles. The average molecular weight is 295 g/mol. The quantitative estimate of drug-likeness (QED) is 0.892. The maximum Gasteiger partial charge on any atom is 0.0459 e. The summed E-state index contributed by atoms with van der Waals surface area (Å²) in [5, 5.41) is 0.860. The molecule has 1 aliphatic rings. The van der Waals surface area contributed by atoms with Crippen molar-refractivity contribution >= 4 is 17.3 Å². The van der Waals surface area contributed by atoms with E-state index < -0.39 is 0 Å². The second kappa shape index (κ2) is 7.33. The Bertz CT molecular complexity index is 431. The van der Waals surface area contributed by atoms with Crippen LogP contribution in [0.1, 0.15) is 51.5 Å². The molecule has 1 aromatic rings. The highest BCUT2D eigenvalue weighted by atomic mass is 35.5. The van der Waals surface area contributed by atoms with Gasteiger partial charge in [0.25, 0.3) is 0 Å². The van der Waals surface area contributed by atoms with Crippen molar-refractivity contribution in [1.82, 2.24) is 0 Å². The average Bonchev–Trinajstić information content (AvgIpc) is 2.65. The van der Waals surface area contributed by atoms with Crippen molar-refractivity contribution < 1.29 is 0 Å². The lowest BCUT2D eigenvalue weighted by atomic mass is 10.0. The lowest BCUT2D eigenvalue weighted by Gasteiger charge is -2.34. The SMILES string of the molecule is CCC1CCCCCN1c1cccc(Cl)c1CC(C)N. The molecular weight excluding hydrogens is 268 g/mol. The van der Waals surface area contributed by atoms with Gasteiger partial charge >= 0.3 is 0 Å². The van der Waals surface area contributed by atoms with Crippen molar-refractivity contribution in [3.05, 3.63) is 28.8 Å². The second-order valence-corrected chi connectivity index (χ2v) is 6.43. The molecule has 0 saturated carbocycles. The Balaban J connectivity index is 2.35. The van der Waals surface area contributed by atoms with E-state index in [4.69, 9.17) is 17.3 Å². The summed E-state index contributed by atoms with van der Waals surface area (Å²) in [5.74, 6) is 0. The summed E-state index contributed by atoms with van der Waals surface area (Å²) in [6.07, 6.45) is 7.31. The summed E-state index contributed by atoms with van der Waals surface area (Å²) in [7, 11) is 0. The van der Waals surface area contributed by atoms with E-state index in [1.807, 2.05) is 13.0 Å². The van der Waals surface area contributed by atoms with Gasteiger partial charge in [0.1, 0.15) is 0 Å². The largest absolute Gasteiger partial charge is 0.368 e. The third-order valence-corrected chi connectivity index (χ3v) is 4.63. The summed E-state index contributed by atoms with van der Waals surface area (Å²) in [5.41, 5.74) is 8.55. The van der Waals surface area contributed by atoms with E-state index in [-0.39, 0.29) is 6.04 Å². The molecule has 0 spiro atoms. The Morgan fingerprint density at radius 3 is 2.85 bits per heavy atom. The molecule has 2 rings (SSSR count). The number of anilines is 1. The molecule has 0 radical (unpaired) electrons. The third-order valence-electron chi connectivity index (χ3n) is 4.28. The van der Waals surface area contributed by atoms with Gasteiger partial charge in [-0.05, 0) is 50.3 Å². The van der Waals surface area contributed by atoms with Gasteiger partial charge in [-0.15, -0.1) is 0 Å². The molecule has 2 atom stereocenters. The van der Waals surface area contributed by atoms with Gasteiger partial charge in [0.2, 0.25) is 0 Å². The number of nitrogens with zero attached hydrogens (tertiary/aromatic N) is 1. The van der Waals surface area contributed by atoms with E-state index in [2.05, 4.69) is 24.0 Å². The van der Waals surface area contributed by atoms with Crippen LogP contribution in [-0.2, 0) is 6.42 Å². The topological polar surface area (TPSA) is 29.3 Å². The van der Waals surface area contributed by atoms with E-state index in [0.717, 1.165) is 18.0 Å². The van der Waals surface area contributed by atoms with Gasteiger partial charge in [-0.25, -0.2) is 0 Å². The molecule has 2 unspecified atom stereocenters. The molecule has 0 bridgehead atoms. The summed E-state index contributed by atoms with van der Waals surface area (Å²) in [6, 6.07) is 7.06. The van der Waals surface area contributed by atoms with Gasteiger partial charge < -0.3 is 10.6 Å². The van der Waals surface area contributed by atoms with Crippen molar-refractivity contribution in [1.29, 1.82) is 0 Å². The van der Waals surface area contributed by atoms with Crippen LogP contribution in [0, 0.1) is 0 Å². The van der Waals surface area contributed by atoms with E-state index in [1.54, 1.807) is 0 Å². The molecule has 0 aliphatic carbocycles. The van der Waals surface area contributed by atoms with E-state index in [9.17, 15) is 0 Å². The third kappa shape index (κ3) is 3.67. The van der Waals surface area contributed by atoms with Crippen molar-refractivity contribution in [2.45, 2.75) is 64.5 Å². The number of halogens is 1. The van der Waals surface area contributed by atoms with E-state index in [1.165, 1.54) is 43.4 Å². The maximum atomic E-state index is 6.44. The fourth-order valence-electron chi connectivity index (χ4n) is 3.26. The number of benzene rings is 1. The first kappa shape index (κ1) is 15.7. The first-order valence-corrected chi connectivity index (χ1v) is 8.31. The fourth-order valence-corrected chi connectivity index (χ4v) is 3.51. The Morgan fingerprint density at radius 1 is 1.35 bits per heavy atom. The van der Waals surface area contributed by atoms with Crippen LogP contribution in [0.3, 0.4) is 0 Å². The molecule has 3 heteroatoms. The number of nitrogens with two attached hydrogens (primary N) is 1. The van der Waals surface area contributed by atoms with Crippen LogP contribution in [0.2, 0.25) is 5.02 Å². The monoisotopic (exact) mass is 294 g/mol. The second-order valence-electron chi connectivity index (χ2n) is 6.02. The molecule has 0 amide bonds. The summed E-state index contributed by atoms with van der Waals surface area (Å²) in [4.78, 5) is 2.58. The minimum atomic E-state index is 0.140. The molecule has 112 valence electrons. The fraction of sp³-hybridized carbons (Fsp3) is 0.647. The van der Waals surface area contributed by atoms with Gasteiger partial charge in [-0.3, -0.25) is 0 Å². The molecule has 2 nitrogen and oxygen atoms in total. The standard InChI is InChI=1S/C17H27ClN2/c1-3-14-8-5-4-6-11-20(14)17-10-7-9-16(18)15(17)12-13(2)19/h7,9-10,13-14H,3-6,8,11-12,19H2,1-2H3. The van der Waals surface area contributed by atoms with E-state index >= 15 is 0 Å². The molecule has 1 saturated heterocycles. The van der Waals surface area contributed by atoms with Crippen molar-refractivity contribution in [2.24, 2.45) is 5.73 Å². The molecule has 20 heavy (non-hydrogen) atoms. The zero-order valence-electron chi connectivity index (χ0n) is 12.7. The van der Waals surface area contributed by atoms with Crippen LogP contribution < -0.4 is 10.6 Å². The summed E-state index contributed by atoms with van der Waals surface area (Å²) in [6.45, 7) is 5.48. The number of rotatable bonds is 4. The molecule has 2 N–H and O–H groups in total. The zero-order valence-corrected chi connectivity index (χ0v) is 13.5. The Kier molecular flexibility index (Phi) is 5.74. The highest BCUT2D eigenvalue weighted by Gasteiger charge is 2.23. The Hall–Kier alpha value is -0.730. The first-order chi connectivity index (χ1) is 9.63. The molecular formula is C17H27ClN2. The maximum absolute atomic E-state index is 6.44. The van der Waals surface area contributed by atoms with Crippen molar-refractivity contribution in [3.63, 3.8) is 0 Å². The van der Waals surface area contributed by atoms with Crippen molar-refractivity contribution in [2.75, 3.05) is 11.4 Å². The van der Waals surface area contributed by atoms with E-state index in [0.29, 0.717) is 6.04 Å². The Morgan fingerprint density at radius 2 is 2.15 bits per heavy atom. The predicted molar refractivity (Wildman–Crippen MR) is 88.7 cm³/mol. The smallest absolute Gasteiger partial charge is 0.0459 e. The van der Waals surface area contributed by atoms with Crippen LogP contribution in [0.25, 0.3) is 0 Å². The van der Waals surface area contributed by atoms with Gasteiger partial charge in [0.05, 0.1) is 0 Å². The molecule has 1 heterocycles. The predicted octanol–water partition coefficient (Wildman–Crippen LogP) is 4.39. The molecule has 0 aromatic heterocycles.